The molecule has 1 radical (unpaired) electrons. The van der Waals surface area contributed by atoms with Crippen molar-refractivity contribution in [2.75, 3.05) is 0 Å². The van der Waals surface area contributed by atoms with Crippen LogP contribution in [-0.2, 0) is 31.3 Å². The molecule has 0 saturated carbocycles. The van der Waals surface area contributed by atoms with Crippen LogP contribution in [0.2, 0.25) is 0 Å². The first-order valence-corrected chi connectivity index (χ1v) is 4.65. The minimum Gasteiger partial charge on any atom is 1.00 e. The van der Waals surface area contributed by atoms with Gasteiger partial charge >= 0.3 is 73.3 Å². The van der Waals surface area contributed by atoms with Crippen molar-refractivity contribution in [1.82, 2.24) is 0 Å². The largest absolute Gasteiger partial charge is 2.00 e. The van der Waals surface area contributed by atoms with E-state index in [2.05, 4.69) is 0 Å². The molecule has 0 saturated heterocycles. The van der Waals surface area contributed by atoms with Gasteiger partial charge in [0, 0.05) is 0 Å². The van der Waals surface area contributed by atoms with Gasteiger partial charge in [0.05, 0.1) is 0 Å². The molecular weight excluding hydrogens is 310 g/mol. The van der Waals surface area contributed by atoms with Gasteiger partial charge in [-0.2, -0.15) is 0 Å². The van der Waals surface area contributed by atoms with E-state index in [9.17, 15) is 0 Å². The number of rotatable bonds is 0. The van der Waals surface area contributed by atoms with E-state index in [1.165, 1.54) is 0 Å². The molecular formula is HCuNaO7SSe. The minimum absolute atomic E-state index is 0. The summed E-state index contributed by atoms with van der Waals surface area (Å²) in [6.45, 7) is 0. The average molecular weight is 311 g/mol. The molecule has 0 aliphatic heterocycles. The summed E-state index contributed by atoms with van der Waals surface area (Å²) >= 11 is -3.79. The van der Waals surface area contributed by atoms with Crippen molar-refractivity contribution in [1.29, 1.82) is 0 Å². The van der Waals surface area contributed by atoms with Gasteiger partial charge < -0.3 is 4.55 Å². The van der Waals surface area contributed by atoms with Gasteiger partial charge in [-0.1, -0.05) is 0 Å². The second-order valence-corrected chi connectivity index (χ2v) is 2.34. The standard InChI is InChI=1S/Cu.Na.H2O4S.H2O3Se/c;;1-5(2,3)4;1-4(2)3/h;;(H2,1,2,3,4);(H2,1,2,3)/q+2;+1;;/p-3. The Morgan fingerprint density at radius 2 is 1.27 bits per heavy atom. The second kappa shape index (κ2) is 11.6. The van der Waals surface area contributed by atoms with Crippen LogP contribution in [0, 0.1) is 0 Å². The molecule has 0 aromatic rings. The van der Waals surface area contributed by atoms with Crippen molar-refractivity contribution < 1.29 is 76.4 Å². The first-order valence-electron chi connectivity index (χ1n) is 1.18. The molecule has 0 spiro atoms. The Labute approximate surface area is 100 Å². The maximum atomic E-state index is 8.63. The SMILES string of the molecule is O=S(=O)([O-])O.O=[Se]([O-])[O-].[Cu+2].[Na+]. The van der Waals surface area contributed by atoms with Crippen LogP contribution in [0.3, 0.4) is 0 Å². The molecule has 0 amide bonds. The number of hydrogen-bond acceptors (Lipinski definition) is 6. The molecule has 1 N–H and O–H groups in total. The van der Waals surface area contributed by atoms with Gasteiger partial charge in [0.15, 0.2) is 0 Å². The summed E-state index contributed by atoms with van der Waals surface area (Å²) in [5.41, 5.74) is 0. The summed E-state index contributed by atoms with van der Waals surface area (Å²) in [4.78, 5) is 0. The van der Waals surface area contributed by atoms with Crippen LogP contribution in [0.15, 0.2) is 0 Å². The van der Waals surface area contributed by atoms with E-state index in [0.29, 0.717) is 0 Å². The molecule has 0 atom stereocenters. The molecule has 0 aliphatic rings. The molecule has 0 aromatic heterocycles. The summed E-state index contributed by atoms with van der Waals surface area (Å²) in [5.74, 6) is 0. The molecule has 11 heteroatoms. The third-order valence-corrected chi connectivity index (χ3v) is 0. The topological polar surface area (TPSA) is 141 Å². The molecule has 0 bridgehead atoms. The molecule has 0 unspecified atom stereocenters. The van der Waals surface area contributed by atoms with Crippen LogP contribution in [-0.4, -0.2) is 32.0 Å². The molecule has 0 rings (SSSR count). The Bertz CT molecular complexity index is 161. The summed E-state index contributed by atoms with van der Waals surface area (Å²) < 4.78 is 58.5. The van der Waals surface area contributed by atoms with E-state index in [1.807, 2.05) is 0 Å². The van der Waals surface area contributed by atoms with Crippen molar-refractivity contribution in [2.45, 2.75) is 0 Å². The first-order chi connectivity index (χ1) is 3.73. The molecule has 0 aromatic carbocycles. The van der Waals surface area contributed by atoms with Gasteiger partial charge in [-0.05, 0) is 0 Å². The monoisotopic (exact) mass is 311 g/mol. The fraction of sp³-hybridized carbons (Fsp3) is 0. The third kappa shape index (κ3) is 406. The zero-order chi connectivity index (χ0) is 8.08. The summed E-state index contributed by atoms with van der Waals surface area (Å²) in [7, 11) is -4.92. The Morgan fingerprint density at radius 3 is 1.27 bits per heavy atom. The van der Waals surface area contributed by atoms with Crippen LogP contribution in [0.1, 0.15) is 0 Å². The first kappa shape index (κ1) is 22.9. The van der Waals surface area contributed by atoms with Crippen molar-refractivity contribution in [3.63, 3.8) is 0 Å². The molecule has 7 nitrogen and oxygen atoms in total. The maximum Gasteiger partial charge on any atom is 2.00 e. The van der Waals surface area contributed by atoms with Gasteiger partial charge in [-0.15, -0.1) is 0 Å². The predicted molar refractivity (Wildman–Crippen MR) is 18.8 cm³/mol. The van der Waals surface area contributed by atoms with Gasteiger partial charge in [0.2, 0.25) is 10.4 Å². The van der Waals surface area contributed by atoms with E-state index in [4.69, 9.17) is 29.7 Å². The fourth-order valence-corrected chi connectivity index (χ4v) is 0. The van der Waals surface area contributed by atoms with E-state index >= 15 is 0 Å². The molecule has 67 valence electrons. The van der Waals surface area contributed by atoms with E-state index in [1.54, 1.807) is 0 Å². The maximum absolute atomic E-state index is 8.63. The summed E-state index contributed by atoms with van der Waals surface area (Å²) in [6, 6.07) is 0. The molecule has 11 heavy (non-hydrogen) atoms. The predicted octanol–water partition coefficient (Wildman–Crippen LogP) is -6.87. The Kier molecular flexibility index (Phi) is 24.2. The molecule has 0 fully saturated rings. The molecule has 0 heterocycles. The fourth-order valence-electron chi connectivity index (χ4n) is 0. The van der Waals surface area contributed by atoms with Crippen molar-refractivity contribution in [3.8, 4) is 0 Å². The van der Waals surface area contributed by atoms with Crippen LogP contribution in [0.4, 0.5) is 0 Å². The van der Waals surface area contributed by atoms with Gasteiger partial charge in [0.25, 0.3) is 0 Å². The van der Waals surface area contributed by atoms with Crippen molar-refractivity contribution in [2.24, 2.45) is 0 Å². The Balaban J connectivity index is -0.0000000383. The quantitative estimate of drug-likeness (QED) is 0.266. The summed E-state index contributed by atoms with van der Waals surface area (Å²) in [6.07, 6.45) is 0. The zero-order valence-corrected chi connectivity index (χ0v) is 10.5. The van der Waals surface area contributed by atoms with Crippen LogP contribution < -0.4 is 37.9 Å². The van der Waals surface area contributed by atoms with Crippen LogP contribution in [0.5, 0.6) is 0 Å². The van der Waals surface area contributed by atoms with Crippen molar-refractivity contribution >= 4 is 24.9 Å². The Morgan fingerprint density at radius 1 is 1.27 bits per heavy atom. The van der Waals surface area contributed by atoms with E-state index in [0.717, 1.165) is 0 Å². The van der Waals surface area contributed by atoms with E-state index in [-0.39, 0.29) is 46.6 Å². The second-order valence-electron chi connectivity index (χ2n) is 0.632. The van der Waals surface area contributed by atoms with Gasteiger partial charge in [0.1, 0.15) is 0 Å². The van der Waals surface area contributed by atoms with Crippen LogP contribution >= 0.6 is 0 Å². The van der Waals surface area contributed by atoms with Crippen molar-refractivity contribution in [3.05, 3.63) is 0 Å². The van der Waals surface area contributed by atoms with Gasteiger partial charge in [-0.3, -0.25) is 4.55 Å². The Hall–Kier alpha value is 1.63. The third-order valence-electron chi connectivity index (χ3n) is 0. The summed E-state index contributed by atoms with van der Waals surface area (Å²) in [5, 5.41) is 0. The smallest absolute Gasteiger partial charge is 1.00 e. The average Bonchev–Trinajstić information content (AvgIpc) is 1.19. The molecule has 0 aliphatic carbocycles. The minimum atomic E-state index is -4.92. The number of hydrogen-bond donors (Lipinski definition) is 1. The van der Waals surface area contributed by atoms with Gasteiger partial charge in [-0.25, -0.2) is 8.42 Å². The van der Waals surface area contributed by atoms with E-state index < -0.39 is 24.9 Å². The van der Waals surface area contributed by atoms with Crippen LogP contribution in [0.25, 0.3) is 0 Å². The normalized spacial score (nSPS) is 8.45. The zero-order valence-electron chi connectivity index (χ0n) is 5.01.